The van der Waals surface area contributed by atoms with E-state index in [1.807, 2.05) is 30.3 Å². The van der Waals surface area contributed by atoms with Gasteiger partial charge in [0, 0.05) is 18.7 Å². The van der Waals surface area contributed by atoms with E-state index in [-0.39, 0.29) is 22.5 Å². The minimum atomic E-state index is -1.01. The number of nitrogens with zero attached hydrogens (tertiary/aromatic N) is 2. The van der Waals surface area contributed by atoms with Gasteiger partial charge in [-0.1, -0.05) is 41.9 Å². The standard InChI is InChI=1S/C22H24ClFN2O2/c23-18-9-8-16(14-19(18)24)21(27)26-13-10-22(28,17-6-2-1-3-7-17)20(15-26)25-11-4-5-12-25/h1-3,6-9,14,20,28H,4-5,10-13,15H2/t20-,22+/m1/s1. The number of likely N-dealkylation sites (tertiary alicyclic amines) is 2. The van der Waals surface area contributed by atoms with E-state index in [1.165, 1.54) is 12.1 Å². The van der Waals surface area contributed by atoms with Crippen molar-refractivity contribution in [3.05, 3.63) is 70.5 Å². The maximum atomic E-state index is 13.8. The fourth-order valence-electron chi connectivity index (χ4n) is 4.45. The predicted octanol–water partition coefficient (Wildman–Crippen LogP) is 3.68. The molecule has 2 fully saturated rings. The van der Waals surface area contributed by atoms with Gasteiger partial charge in [0.2, 0.25) is 0 Å². The van der Waals surface area contributed by atoms with Gasteiger partial charge in [-0.25, -0.2) is 4.39 Å². The molecule has 2 atom stereocenters. The molecule has 1 amide bonds. The molecule has 2 heterocycles. The third-order valence-electron chi connectivity index (χ3n) is 6.02. The normalized spacial score (nSPS) is 25.8. The number of rotatable bonds is 3. The Morgan fingerprint density at radius 1 is 1.11 bits per heavy atom. The second kappa shape index (κ2) is 7.82. The summed E-state index contributed by atoms with van der Waals surface area (Å²) in [4.78, 5) is 17.0. The minimum Gasteiger partial charge on any atom is -0.383 e. The van der Waals surface area contributed by atoms with Crippen molar-refractivity contribution in [1.82, 2.24) is 9.80 Å². The molecule has 0 unspecified atom stereocenters. The van der Waals surface area contributed by atoms with Crippen LogP contribution in [0.3, 0.4) is 0 Å². The first-order chi connectivity index (χ1) is 13.5. The first-order valence-corrected chi connectivity index (χ1v) is 10.1. The van der Waals surface area contributed by atoms with Gasteiger partial charge >= 0.3 is 0 Å². The first-order valence-electron chi connectivity index (χ1n) is 9.75. The second-order valence-electron chi connectivity index (χ2n) is 7.68. The van der Waals surface area contributed by atoms with Crippen LogP contribution < -0.4 is 0 Å². The smallest absolute Gasteiger partial charge is 0.254 e. The summed E-state index contributed by atoms with van der Waals surface area (Å²) in [5.74, 6) is -0.823. The maximum Gasteiger partial charge on any atom is 0.254 e. The third kappa shape index (κ3) is 3.54. The lowest BCUT2D eigenvalue weighted by Gasteiger charge is -2.48. The summed E-state index contributed by atoms with van der Waals surface area (Å²) in [5, 5.41) is 11.7. The predicted molar refractivity (Wildman–Crippen MR) is 107 cm³/mol. The lowest BCUT2D eigenvalue weighted by atomic mass is 9.79. The van der Waals surface area contributed by atoms with Gasteiger partial charge < -0.3 is 10.0 Å². The number of amides is 1. The van der Waals surface area contributed by atoms with Crippen LogP contribution in [0.1, 0.15) is 35.2 Å². The van der Waals surface area contributed by atoms with Crippen LogP contribution in [0.25, 0.3) is 0 Å². The lowest BCUT2D eigenvalue weighted by Crippen LogP contribution is -2.61. The Morgan fingerprint density at radius 2 is 1.82 bits per heavy atom. The molecule has 28 heavy (non-hydrogen) atoms. The monoisotopic (exact) mass is 402 g/mol. The average Bonchev–Trinajstić information content (AvgIpc) is 3.25. The molecular formula is C22H24ClFN2O2. The summed E-state index contributed by atoms with van der Waals surface area (Å²) in [6.45, 7) is 2.65. The topological polar surface area (TPSA) is 43.8 Å². The van der Waals surface area contributed by atoms with E-state index in [9.17, 15) is 14.3 Å². The summed E-state index contributed by atoms with van der Waals surface area (Å²) in [6.07, 6.45) is 2.63. The number of carbonyl (C=O) groups is 1. The van der Waals surface area contributed by atoms with E-state index in [1.54, 1.807) is 11.0 Å². The molecule has 4 rings (SSSR count). The number of benzene rings is 2. The highest BCUT2D eigenvalue weighted by Crippen LogP contribution is 2.37. The molecular weight excluding hydrogens is 379 g/mol. The molecule has 0 bridgehead atoms. The highest BCUT2D eigenvalue weighted by atomic mass is 35.5. The largest absolute Gasteiger partial charge is 0.383 e. The van der Waals surface area contributed by atoms with E-state index in [0.29, 0.717) is 19.5 Å². The zero-order chi connectivity index (χ0) is 19.7. The number of piperidine rings is 1. The van der Waals surface area contributed by atoms with Crippen LogP contribution in [0.15, 0.2) is 48.5 Å². The van der Waals surface area contributed by atoms with Crippen LogP contribution in [0.4, 0.5) is 4.39 Å². The van der Waals surface area contributed by atoms with Gasteiger partial charge in [-0.05, 0) is 56.1 Å². The van der Waals surface area contributed by atoms with Crippen molar-refractivity contribution in [1.29, 1.82) is 0 Å². The van der Waals surface area contributed by atoms with Crippen molar-refractivity contribution >= 4 is 17.5 Å². The van der Waals surface area contributed by atoms with E-state index in [2.05, 4.69) is 4.90 Å². The number of aliphatic hydroxyl groups is 1. The van der Waals surface area contributed by atoms with Crippen LogP contribution in [0, 0.1) is 5.82 Å². The number of hydrogen-bond acceptors (Lipinski definition) is 3. The van der Waals surface area contributed by atoms with Crippen molar-refractivity contribution < 1.29 is 14.3 Å². The van der Waals surface area contributed by atoms with Crippen molar-refractivity contribution in [2.24, 2.45) is 0 Å². The number of hydrogen-bond donors (Lipinski definition) is 1. The molecule has 2 saturated heterocycles. The van der Waals surface area contributed by atoms with Gasteiger partial charge in [-0.2, -0.15) is 0 Å². The summed E-state index contributed by atoms with van der Waals surface area (Å²) in [7, 11) is 0. The summed E-state index contributed by atoms with van der Waals surface area (Å²) in [5.41, 5.74) is 0.164. The van der Waals surface area contributed by atoms with Crippen molar-refractivity contribution in [2.75, 3.05) is 26.2 Å². The number of carbonyl (C=O) groups excluding carboxylic acids is 1. The Hall–Kier alpha value is -1.95. The fourth-order valence-corrected chi connectivity index (χ4v) is 4.57. The van der Waals surface area contributed by atoms with E-state index < -0.39 is 11.4 Å². The van der Waals surface area contributed by atoms with Crippen LogP contribution in [0.5, 0.6) is 0 Å². The van der Waals surface area contributed by atoms with Gasteiger partial charge in [0.15, 0.2) is 0 Å². The van der Waals surface area contributed by atoms with Crippen LogP contribution in [-0.2, 0) is 5.60 Å². The number of halogens is 2. The highest BCUT2D eigenvalue weighted by molar-refractivity contribution is 6.30. The van der Waals surface area contributed by atoms with Crippen LogP contribution >= 0.6 is 11.6 Å². The van der Waals surface area contributed by atoms with Gasteiger partial charge in [0.05, 0.1) is 11.1 Å². The van der Waals surface area contributed by atoms with Gasteiger partial charge in [0.1, 0.15) is 11.4 Å². The molecule has 0 radical (unpaired) electrons. The minimum absolute atomic E-state index is 0.00332. The molecule has 2 aliphatic heterocycles. The molecule has 1 N–H and O–H groups in total. The van der Waals surface area contributed by atoms with E-state index in [4.69, 9.17) is 11.6 Å². The third-order valence-corrected chi connectivity index (χ3v) is 6.32. The van der Waals surface area contributed by atoms with E-state index >= 15 is 0 Å². The quantitative estimate of drug-likeness (QED) is 0.851. The molecule has 2 aliphatic rings. The molecule has 4 nitrogen and oxygen atoms in total. The molecule has 2 aromatic rings. The molecule has 2 aromatic carbocycles. The zero-order valence-electron chi connectivity index (χ0n) is 15.7. The Kier molecular flexibility index (Phi) is 5.41. The molecule has 0 spiro atoms. The molecule has 0 aromatic heterocycles. The SMILES string of the molecule is O=C(c1ccc(Cl)c(F)c1)N1CC[C@](O)(c2ccccc2)[C@H](N2CCCC2)C1. The Bertz CT molecular complexity index is 857. The Morgan fingerprint density at radius 3 is 2.50 bits per heavy atom. The van der Waals surface area contributed by atoms with Crippen molar-refractivity contribution in [3.8, 4) is 0 Å². The molecule has 0 aliphatic carbocycles. The fraction of sp³-hybridized carbons (Fsp3) is 0.409. The van der Waals surface area contributed by atoms with Gasteiger partial charge in [0.25, 0.3) is 5.91 Å². The van der Waals surface area contributed by atoms with Crippen LogP contribution in [0.2, 0.25) is 5.02 Å². The second-order valence-corrected chi connectivity index (χ2v) is 8.09. The van der Waals surface area contributed by atoms with Gasteiger partial charge in [-0.15, -0.1) is 0 Å². The lowest BCUT2D eigenvalue weighted by molar-refractivity contribution is -0.0878. The Labute approximate surface area is 169 Å². The summed E-state index contributed by atoms with van der Waals surface area (Å²) < 4.78 is 13.8. The Balaban J connectivity index is 1.62. The first kappa shape index (κ1) is 19.4. The summed E-state index contributed by atoms with van der Waals surface area (Å²) >= 11 is 5.75. The van der Waals surface area contributed by atoms with Crippen molar-refractivity contribution in [3.63, 3.8) is 0 Å². The molecule has 6 heteroatoms. The van der Waals surface area contributed by atoms with Gasteiger partial charge in [-0.3, -0.25) is 9.69 Å². The molecule has 148 valence electrons. The average molecular weight is 403 g/mol. The summed E-state index contributed by atoms with van der Waals surface area (Å²) in [6, 6.07) is 13.7. The maximum absolute atomic E-state index is 13.8. The van der Waals surface area contributed by atoms with Crippen molar-refractivity contribution in [2.45, 2.75) is 30.9 Å². The van der Waals surface area contributed by atoms with E-state index in [0.717, 1.165) is 31.5 Å². The highest BCUT2D eigenvalue weighted by Gasteiger charge is 2.47. The van der Waals surface area contributed by atoms with Crippen LogP contribution in [-0.4, -0.2) is 53.0 Å². The molecule has 0 saturated carbocycles. The zero-order valence-corrected chi connectivity index (χ0v) is 16.4.